The third-order valence-corrected chi connectivity index (χ3v) is 0.606. The highest BCUT2D eigenvalue weighted by atomic mass is 16.5. The van der Waals surface area contributed by atoms with Crippen molar-refractivity contribution in [3.63, 3.8) is 0 Å². The molecular weight excluding hydrogens is 118 g/mol. The van der Waals surface area contributed by atoms with Crippen LogP contribution in [0.4, 0.5) is 0 Å². The molecule has 0 aliphatic rings. The molecule has 1 N–H and O–H groups in total. The maximum atomic E-state index is 10.4. The predicted octanol–water partition coefficient (Wildman–Crippen LogP) is 0.406. The molecule has 0 aliphatic heterocycles. The number of rotatable bonds is 4. The lowest BCUT2D eigenvalue weighted by molar-refractivity contribution is -0.136. The van der Waals surface area contributed by atoms with Gasteiger partial charge in [0, 0.05) is 0 Å². The first-order valence-corrected chi connectivity index (χ1v) is 2.46. The van der Waals surface area contributed by atoms with Crippen molar-refractivity contribution in [1.29, 1.82) is 0 Å². The summed E-state index contributed by atoms with van der Waals surface area (Å²) in [6, 6.07) is 0. The van der Waals surface area contributed by atoms with Gasteiger partial charge in [-0.05, 0) is 6.20 Å². The number of carbonyl (C=O) groups excluding carboxylic acids is 1. The predicted molar refractivity (Wildman–Crippen MR) is 34.5 cm³/mol. The number of ether oxygens (including phenoxy) is 1. The smallest absolute Gasteiger partial charge is 0.330 e. The van der Waals surface area contributed by atoms with E-state index in [2.05, 4.69) is 23.2 Å². The third-order valence-electron chi connectivity index (χ3n) is 0.606. The summed E-state index contributed by atoms with van der Waals surface area (Å²) in [6.07, 6.45) is 2.51. The highest BCUT2D eigenvalue weighted by molar-refractivity contribution is 5.72. The maximum absolute atomic E-state index is 10.4. The van der Waals surface area contributed by atoms with Crippen molar-refractivity contribution in [2.24, 2.45) is 0 Å². The second-order valence-electron chi connectivity index (χ2n) is 1.24. The van der Waals surface area contributed by atoms with E-state index in [1.54, 1.807) is 0 Å². The highest BCUT2D eigenvalue weighted by Gasteiger charge is 1.94. The molecule has 0 aromatic rings. The Morgan fingerprint density at radius 1 is 1.67 bits per heavy atom. The molecule has 3 heteroatoms. The van der Waals surface area contributed by atoms with Crippen LogP contribution in [-0.4, -0.2) is 12.5 Å². The highest BCUT2D eigenvalue weighted by Crippen LogP contribution is 1.74. The average Bonchev–Trinajstić information content (AvgIpc) is 1.85. The van der Waals surface area contributed by atoms with Crippen molar-refractivity contribution in [3.05, 3.63) is 25.6 Å². The monoisotopic (exact) mass is 127 g/mol. The van der Waals surface area contributed by atoms with Gasteiger partial charge in [0.2, 0.25) is 0 Å². The first-order chi connectivity index (χ1) is 4.31. The van der Waals surface area contributed by atoms with Gasteiger partial charge in [-0.15, -0.1) is 0 Å². The molecule has 0 saturated carbocycles. The molecule has 0 amide bonds. The van der Waals surface area contributed by atoms with Crippen molar-refractivity contribution in [2.75, 3.05) is 6.54 Å². The van der Waals surface area contributed by atoms with Crippen molar-refractivity contribution >= 4 is 5.97 Å². The Kier molecular flexibility index (Phi) is 4.22. The van der Waals surface area contributed by atoms with E-state index in [1.165, 1.54) is 6.20 Å². The van der Waals surface area contributed by atoms with Gasteiger partial charge >= 0.3 is 5.97 Å². The molecule has 0 radical (unpaired) electrons. The van der Waals surface area contributed by atoms with Gasteiger partial charge in [0.05, 0.1) is 6.26 Å². The Morgan fingerprint density at radius 3 is 2.78 bits per heavy atom. The molecule has 0 saturated heterocycles. The van der Waals surface area contributed by atoms with E-state index >= 15 is 0 Å². The van der Waals surface area contributed by atoms with Crippen LogP contribution in [0.15, 0.2) is 25.6 Å². The topological polar surface area (TPSA) is 38.3 Å². The van der Waals surface area contributed by atoms with Crippen molar-refractivity contribution in [1.82, 2.24) is 5.32 Å². The van der Waals surface area contributed by atoms with Crippen LogP contribution in [0.1, 0.15) is 0 Å². The van der Waals surface area contributed by atoms with Gasteiger partial charge in [-0.1, -0.05) is 13.2 Å². The lowest BCUT2D eigenvalue weighted by Gasteiger charge is -1.96. The molecular formula is C6H9NO2. The van der Waals surface area contributed by atoms with Crippen molar-refractivity contribution in [2.45, 2.75) is 0 Å². The van der Waals surface area contributed by atoms with Crippen LogP contribution in [-0.2, 0) is 9.53 Å². The summed E-state index contributed by atoms with van der Waals surface area (Å²) in [5, 5.41) is 2.57. The van der Waals surface area contributed by atoms with Gasteiger partial charge in [0.25, 0.3) is 0 Å². The first-order valence-electron chi connectivity index (χ1n) is 2.46. The number of nitrogens with one attached hydrogen (secondary N) is 1. The van der Waals surface area contributed by atoms with Crippen LogP contribution in [0.2, 0.25) is 0 Å². The Balaban J connectivity index is 3.26. The molecule has 0 aromatic heterocycles. The second kappa shape index (κ2) is 4.90. The molecule has 0 atom stereocenters. The number of carbonyl (C=O) groups is 1. The van der Waals surface area contributed by atoms with Gasteiger partial charge in [0.1, 0.15) is 6.54 Å². The van der Waals surface area contributed by atoms with Crippen molar-refractivity contribution < 1.29 is 9.53 Å². The first kappa shape index (κ1) is 7.75. The van der Waals surface area contributed by atoms with Crippen LogP contribution in [0.5, 0.6) is 0 Å². The molecule has 50 valence electrons. The zero-order valence-corrected chi connectivity index (χ0v) is 5.09. The lowest BCUT2D eigenvalue weighted by Crippen LogP contribution is -2.17. The van der Waals surface area contributed by atoms with Crippen LogP contribution in [0.25, 0.3) is 0 Å². The minimum atomic E-state index is -0.370. The van der Waals surface area contributed by atoms with E-state index in [4.69, 9.17) is 0 Å². The molecule has 9 heavy (non-hydrogen) atoms. The van der Waals surface area contributed by atoms with Gasteiger partial charge in [-0.3, -0.25) is 0 Å². The molecule has 0 aromatic carbocycles. The summed E-state index contributed by atoms with van der Waals surface area (Å²) in [6.45, 7) is 6.69. The summed E-state index contributed by atoms with van der Waals surface area (Å²) in [4.78, 5) is 10.4. The van der Waals surface area contributed by atoms with E-state index in [0.717, 1.165) is 6.26 Å². The summed E-state index contributed by atoms with van der Waals surface area (Å²) in [5.74, 6) is -0.370. The van der Waals surface area contributed by atoms with Gasteiger partial charge < -0.3 is 10.1 Å². The standard InChI is InChI=1S/C6H9NO2/c1-3-7-5-6(8)9-4-2/h3-4,7H,1-2,5H2. The Bertz CT molecular complexity index is 120. The number of hydrogen-bond acceptors (Lipinski definition) is 3. The van der Waals surface area contributed by atoms with E-state index in [1.807, 2.05) is 0 Å². The van der Waals surface area contributed by atoms with Crippen LogP contribution in [0.3, 0.4) is 0 Å². The normalized spacial score (nSPS) is 7.56. The maximum Gasteiger partial charge on any atom is 0.330 e. The SMILES string of the molecule is C=CNCC(=O)OC=C. The molecule has 0 heterocycles. The van der Waals surface area contributed by atoms with E-state index < -0.39 is 0 Å². The van der Waals surface area contributed by atoms with Gasteiger partial charge in [0.15, 0.2) is 0 Å². The van der Waals surface area contributed by atoms with Gasteiger partial charge in [-0.25, -0.2) is 4.79 Å². The van der Waals surface area contributed by atoms with Crippen LogP contribution in [0, 0.1) is 0 Å². The Labute approximate surface area is 54.0 Å². The quantitative estimate of drug-likeness (QED) is 0.439. The Hall–Kier alpha value is -1.25. The Morgan fingerprint density at radius 2 is 2.33 bits per heavy atom. The zero-order chi connectivity index (χ0) is 7.11. The number of esters is 1. The molecule has 0 rings (SSSR count). The third kappa shape index (κ3) is 4.61. The van der Waals surface area contributed by atoms with Crippen molar-refractivity contribution in [3.8, 4) is 0 Å². The van der Waals surface area contributed by atoms with Gasteiger partial charge in [-0.2, -0.15) is 0 Å². The molecule has 0 bridgehead atoms. The summed E-state index contributed by atoms with van der Waals surface area (Å²) >= 11 is 0. The molecule has 3 nitrogen and oxygen atoms in total. The minimum absolute atomic E-state index is 0.134. The second-order valence-corrected chi connectivity index (χ2v) is 1.24. The van der Waals surface area contributed by atoms with E-state index in [9.17, 15) is 4.79 Å². The molecule has 0 aliphatic carbocycles. The number of hydrogen-bond donors (Lipinski definition) is 1. The lowest BCUT2D eigenvalue weighted by atomic mass is 10.6. The fraction of sp³-hybridized carbons (Fsp3) is 0.167. The summed E-state index contributed by atoms with van der Waals surface area (Å²) in [5.41, 5.74) is 0. The van der Waals surface area contributed by atoms with E-state index in [-0.39, 0.29) is 12.5 Å². The van der Waals surface area contributed by atoms with Crippen LogP contribution < -0.4 is 5.32 Å². The molecule has 0 fully saturated rings. The largest absolute Gasteiger partial charge is 0.434 e. The average molecular weight is 127 g/mol. The van der Waals surface area contributed by atoms with Crippen LogP contribution >= 0.6 is 0 Å². The molecule has 0 unspecified atom stereocenters. The fourth-order valence-corrected chi connectivity index (χ4v) is 0.290. The summed E-state index contributed by atoms with van der Waals surface area (Å²) < 4.78 is 4.36. The minimum Gasteiger partial charge on any atom is -0.434 e. The zero-order valence-electron chi connectivity index (χ0n) is 5.09. The summed E-state index contributed by atoms with van der Waals surface area (Å²) in [7, 11) is 0. The molecule has 0 spiro atoms. The van der Waals surface area contributed by atoms with E-state index in [0.29, 0.717) is 0 Å². The fourth-order valence-electron chi connectivity index (χ4n) is 0.290.